The smallest absolute Gasteiger partial charge is 0.308 e. The van der Waals surface area contributed by atoms with Gasteiger partial charge < -0.3 is 24.4 Å². The zero-order valence-electron chi connectivity index (χ0n) is 21.9. The van der Waals surface area contributed by atoms with E-state index in [-0.39, 0.29) is 17.3 Å². The minimum Gasteiger partial charge on any atom is -0.507 e. The number of benzene rings is 2. The van der Waals surface area contributed by atoms with Crippen LogP contribution in [0.15, 0.2) is 42.0 Å². The lowest BCUT2D eigenvalue weighted by Crippen LogP contribution is -2.35. The quantitative estimate of drug-likeness (QED) is 0.195. The molecule has 8 nitrogen and oxygen atoms in total. The zero-order valence-corrected chi connectivity index (χ0v) is 21.9. The van der Waals surface area contributed by atoms with Crippen LogP contribution in [0.25, 0.3) is 5.76 Å². The third-order valence-corrected chi connectivity index (χ3v) is 6.24. The zero-order chi connectivity index (χ0) is 26.7. The van der Waals surface area contributed by atoms with Gasteiger partial charge >= 0.3 is 5.97 Å². The van der Waals surface area contributed by atoms with Crippen molar-refractivity contribution < 1.29 is 29.0 Å². The first kappa shape index (κ1) is 26.9. The number of nitrogens with zero attached hydrogens (tertiary/aromatic N) is 2. The highest BCUT2D eigenvalue weighted by molar-refractivity contribution is 6.46. The standard InChI is InChI=1S/C28H34N2O6/c1-16(2)21-15-22(17(3)14-23(21)35-7)26(32)24-25(19-8-10-20(11-9-19)36-18(4)31)30(13-12-29(5)6)28(34)27(24)33/h8-11,14-16,25,32H,12-13H2,1-7H3/b26-24+. The van der Waals surface area contributed by atoms with Crippen LogP contribution in [0.1, 0.15) is 55.0 Å². The largest absolute Gasteiger partial charge is 0.507 e. The topological polar surface area (TPSA) is 96.4 Å². The first-order valence-corrected chi connectivity index (χ1v) is 11.9. The summed E-state index contributed by atoms with van der Waals surface area (Å²) in [7, 11) is 5.36. The van der Waals surface area contributed by atoms with Gasteiger partial charge in [0.25, 0.3) is 11.7 Å². The number of carbonyl (C=O) groups excluding carboxylic acids is 3. The number of ketones is 1. The molecular weight excluding hydrogens is 460 g/mol. The Morgan fingerprint density at radius 3 is 2.31 bits per heavy atom. The molecule has 1 amide bonds. The summed E-state index contributed by atoms with van der Waals surface area (Å²) in [6, 6.07) is 9.48. The molecule has 0 spiro atoms. The molecule has 1 atom stereocenters. The number of rotatable bonds is 8. The van der Waals surface area contributed by atoms with Gasteiger partial charge in [-0.2, -0.15) is 0 Å². The van der Waals surface area contributed by atoms with Gasteiger partial charge in [0.1, 0.15) is 17.3 Å². The van der Waals surface area contributed by atoms with E-state index in [9.17, 15) is 19.5 Å². The monoisotopic (exact) mass is 494 g/mol. The lowest BCUT2D eigenvalue weighted by molar-refractivity contribution is -0.140. The van der Waals surface area contributed by atoms with E-state index in [1.807, 2.05) is 51.9 Å². The minimum atomic E-state index is -0.791. The van der Waals surface area contributed by atoms with E-state index in [0.717, 1.165) is 11.1 Å². The summed E-state index contributed by atoms with van der Waals surface area (Å²) < 4.78 is 10.6. The van der Waals surface area contributed by atoms with Crippen LogP contribution in [0.2, 0.25) is 0 Å². The Kier molecular flexibility index (Phi) is 8.20. The van der Waals surface area contributed by atoms with Crippen LogP contribution < -0.4 is 9.47 Å². The van der Waals surface area contributed by atoms with Crippen molar-refractivity contribution in [2.45, 2.75) is 39.7 Å². The second-order valence-corrected chi connectivity index (χ2v) is 9.52. The summed E-state index contributed by atoms with van der Waals surface area (Å²) in [5.41, 5.74) is 2.74. The number of amides is 1. The average molecular weight is 495 g/mol. The number of likely N-dealkylation sites (tertiary alicyclic amines) is 1. The Balaban J connectivity index is 2.20. The summed E-state index contributed by atoms with van der Waals surface area (Å²) in [4.78, 5) is 41.2. The molecule has 2 aromatic carbocycles. The molecule has 1 saturated heterocycles. The summed E-state index contributed by atoms with van der Waals surface area (Å²) >= 11 is 0. The summed E-state index contributed by atoms with van der Waals surface area (Å²) in [5.74, 6) is -0.914. The maximum Gasteiger partial charge on any atom is 0.308 e. The fraction of sp³-hybridized carbons (Fsp3) is 0.393. The molecule has 1 aliphatic heterocycles. The Hall–Kier alpha value is -3.65. The maximum absolute atomic E-state index is 13.3. The van der Waals surface area contributed by atoms with E-state index >= 15 is 0 Å². The van der Waals surface area contributed by atoms with Crippen LogP contribution in [0, 0.1) is 6.92 Å². The lowest BCUT2D eigenvalue weighted by Gasteiger charge is -2.27. The van der Waals surface area contributed by atoms with Gasteiger partial charge in [-0.15, -0.1) is 0 Å². The third kappa shape index (κ3) is 5.44. The minimum absolute atomic E-state index is 0.0296. The summed E-state index contributed by atoms with van der Waals surface area (Å²) in [6.07, 6.45) is 0. The number of aliphatic hydroxyl groups excluding tert-OH is 1. The van der Waals surface area contributed by atoms with Crippen molar-refractivity contribution in [2.24, 2.45) is 0 Å². The second-order valence-electron chi connectivity index (χ2n) is 9.52. The fourth-order valence-electron chi connectivity index (χ4n) is 4.38. The predicted octanol–water partition coefficient (Wildman–Crippen LogP) is 4.04. The molecule has 1 unspecified atom stereocenters. The molecule has 0 aliphatic carbocycles. The normalized spacial score (nSPS) is 17.2. The number of aliphatic hydroxyl groups is 1. The third-order valence-electron chi connectivity index (χ3n) is 6.24. The van der Waals surface area contributed by atoms with Crippen molar-refractivity contribution >= 4 is 23.4 Å². The van der Waals surface area contributed by atoms with E-state index in [1.54, 1.807) is 31.4 Å². The molecule has 0 aromatic heterocycles. The molecular formula is C28H34N2O6. The second kappa shape index (κ2) is 11.0. The first-order valence-electron chi connectivity index (χ1n) is 11.9. The Morgan fingerprint density at radius 2 is 1.78 bits per heavy atom. The first-order chi connectivity index (χ1) is 17.0. The molecule has 0 saturated carbocycles. The number of Topliss-reactive ketones (excluding diaryl/α,β-unsaturated/α-hetero) is 1. The maximum atomic E-state index is 13.3. The Labute approximate surface area is 212 Å². The van der Waals surface area contributed by atoms with Crippen molar-refractivity contribution in [3.8, 4) is 11.5 Å². The highest BCUT2D eigenvalue weighted by Gasteiger charge is 2.46. The summed E-state index contributed by atoms with van der Waals surface area (Å²) in [5, 5.41) is 11.5. The Morgan fingerprint density at radius 1 is 1.14 bits per heavy atom. The molecule has 1 N–H and O–H groups in total. The van der Waals surface area contributed by atoms with Gasteiger partial charge in [-0.05, 0) is 67.9 Å². The summed E-state index contributed by atoms with van der Waals surface area (Å²) in [6.45, 7) is 8.00. The average Bonchev–Trinajstić information content (AvgIpc) is 3.06. The molecule has 0 radical (unpaired) electrons. The van der Waals surface area contributed by atoms with Crippen molar-refractivity contribution in [3.05, 3.63) is 64.2 Å². The van der Waals surface area contributed by atoms with Gasteiger partial charge in [-0.3, -0.25) is 14.4 Å². The van der Waals surface area contributed by atoms with Gasteiger partial charge in [0.05, 0.1) is 18.7 Å². The van der Waals surface area contributed by atoms with E-state index in [1.165, 1.54) is 11.8 Å². The molecule has 1 heterocycles. The molecule has 1 aliphatic rings. The molecule has 3 rings (SSSR count). The van der Waals surface area contributed by atoms with Crippen LogP contribution >= 0.6 is 0 Å². The number of ether oxygens (including phenoxy) is 2. The highest BCUT2D eigenvalue weighted by atomic mass is 16.5. The number of likely N-dealkylation sites (N-methyl/N-ethyl adjacent to an activating group) is 1. The number of esters is 1. The molecule has 36 heavy (non-hydrogen) atoms. The SMILES string of the molecule is COc1cc(C)c(/C(O)=C2\C(=O)C(=O)N(CCN(C)C)C2c2ccc(OC(C)=O)cc2)cc1C(C)C. The van der Waals surface area contributed by atoms with Gasteiger partial charge in [-0.25, -0.2) is 0 Å². The van der Waals surface area contributed by atoms with Crippen LogP contribution in [0.3, 0.4) is 0 Å². The van der Waals surface area contributed by atoms with E-state index in [0.29, 0.717) is 35.7 Å². The molecule has 192 valence electrons. The Bertz CT molecular complexity index is 1200. The van der Waals surface area contributed by atoms with Crippen molar-refractivity contribution in [3.63, 3.8) is 0 Å². The van der Waals surface area contributed by atoms with Crippen LogP contribution in [-0.4, -0.2) is 66.9 Å². The van der Waals surface area contributed by atoms with E-state index in [2.05, 4.69) is 0 Å². The van der Waals surface area contributed by atoms with Gasteiger partial charge in [0, 0.05) is 25.6 Å². The molecule has 8 heteroatoms. The van der Waals surface area contributed by atoms with E-state index < -0.39 is 23.7 Å². The van der Waals surface area contributed by atoms with E-state index in [4.69, 9.17) is 9.47 Å². The van der Waals surface area contributed by atoms with Crippen LogP contribution in [0.5, 0.6) is 11.5 Å². The molecule has 2 aromatic rings. The lowest BCUT2D eigenvalue weighted by atomic mass is 9.91. The number of carbonyl (C=O) groups is 3. The molecule has 1 fully saturated rings. The van der Waals surface area contributed by atoms with Crippen molar-refractivity contribution in [2.75, 3.05) is 34.3 Å². The van der Waals surface area contributed by atoms with Gasteiger partial charge in [0.2, 0.25) is 0 Å². The predicted molar refractivity (Wildman–Crippen MR) is 137 cm³/mol. The van der Waals surface area contributed by atoms with Crippen molar-refractivity contribution in [1.29, 1.82) is 0 Å². The highest BCUT2D eigenvalue weighted by Crippen LogP contribution is 2.41. The van der Waals surface area contributed by atoms with Crippen LogP contribution in [-0.2, 0) is 14.4 Å². The van der Waals surface area contributed by atoms with Crippen molar-refractivity contribution in [1.82, 2.24) is 9.80 Å². The van der Waals surface area contributed by atoms with Gasteiger partial charge in [0.15, 0.2) is 0 Å². The fourth-order valence-corrected chi connectivity index (χ4v) is 4.38. The molecule has 0 bridgehead atoms. The number of hydrogen-bond donors (Lipinski definition) is 1. The van der Waals surface area contributed by atoms with Crippen LogP contribution in [0.4, 0.5) is 0 Å². The van der Waals surface area contributed by atoms with Gasteiger partial charge in [-0.1, -0.05) is 26.0 Å². The number of methoxy groups -OCH3 is 1. The number of aryl methyl sites for hydroxylation is 1. The number of hydrogen-bond acceptors (Lipinski definition) is 7.